The minimum atomic E-state index is 0.131. The first-order valence-electron chi connectivity index (χ1n) is 12.1. The second-order valence-electron chi connectivity index (χ2n) is 10.5. The van der Waals surface area contributed by atoms with Gasteiger partial charge in [0, 0.05) is 0 Å². The van der Waals surface area contributed by atoms with Crippen LogP contribution in [0.25, 0.3) is 33.5 Å². The third-order valence-electron chi connectivity index (χ3n) is 7.28. The average molecular weight is 424 g/mol. The number of hydrogen-bond acceptors (Lipinski definition) is 0. The number of benzene rings is 3. The molecule has 32 heavy (non-hydrogen) atoms. The first kappa shape index (κ1) is 21.0. The van der Waals surface area contributed by atoms with Crippen molar-refractivity contribution in [3.05, 3.63) is 77.9 Å². The highest BCUT2D eigenvalue weighted by molar-refractivity contribution is 5.82. The Bertz CT molecular complexity index is 1270. The Morgan fingerprint density at radius 1 is 0.844 bits per heavy atom. The van der Waals surface area contributed by atoms with E-state index in [0.717, 1.165) is 0 Å². The van der Waals surface area contributed by atoms with E-state index in [4.69, 9.17) is 0 Å². The molecule has 1 heterocycles. The Kier molecular flexibility index (Phi) is 5.20. The number of nitrogens with zero attached hydrogens (tertiary/aromatic N) is 2. The molecule has 2 heteroatoms. The van der Waals surface area contributed by atoms with Gasteiger partial charge in [-0.05, 0) is 84.5 Å². The van der Waals surface area contributed by atoms with Crippen LogP contribution in [0.5, 0.6) is 0 Å². The maximum atomic E-state index is 2.66. The van der Waals surface area contributed by atoms with Crippen molar-refractivity contribution in [2.75, 3.05) is 0 Å². The van der Waals surface area contributed by atoms with Crippen molar-refractivity contribution in [1.29, 1.82) is 0 Å². The minimum absolute atomic E-state index is 0.131. The molecule has 1 aromatic heterocycles. The molecule has 1 aliphatic carbocycles. The van der Waals surface area contributed by atoms with Crippen LogP contribution in [0.2, 0.25) is 0 Å². The lowest BCUT2D eigenvalue weighted by Gasteiger charge is -2.20. The second-order valence-corrected chi connectivity index (χ2v) is 10.5. The summed E-state index contributed by atoms with van der Waals surface area (Å²) >= 11 is 0. The number of hydrogen-bond donors (Lipinski definition) is 0. The summed E-state index contributed by atoms with van der Waals surface area (Å²) in [5.41, 5.74) is 9.46. The standard InChI is InChI=1S/C30H35N2/c1-21-15-17-24(30(2,3)4)20-26(21)29-31(5)28-19-23(22-11-7-6-8-12-22)16-18-27(28)32(29)25-13-9-10-14-25/h6-8,11-12,15-20,25H,9-10,13-14H2,1-5H3/q+1. The molecule has 0 amide bonds. The van der Waals surface area contributed by atoms with Crippen LogP contribution in [0.1, 0.15) is 63.6 Å². The highest BCUT2D eigenvalue weighted by atomic mass is 15.2. The van der Waals surface area contributed by atoms with E-state index in [1.165, 1.54) is 70.4 Å². The van der Waals surface area contributed by atoms with Crippen molar-refractivity contribution in [2.45, 2.75) is 64.8 Å². The lowest BCUT2D eigenvalue weighted by Crippen LogP contribution is -2.31. The van der Waals surface area contributed by atoms with E-state index in [9.17, 15) is 0 Å². The topological polar surface area (TPSA) is 8.81 Å². The van der Waals surface area contributed by atoms with E-state index >= 15 is 0 Å². The number of aromatic nitrogens is 2. The molecule has 3 aromatic carbocycles. The molecule has 1 fully saturated rings. The fraction of sp³-hybridized carbons (Fsp3) is 0.367. The molecule has 0 N–H and O–H groups in total. The zero-order valence-corrected chi connectivity index (χ0v) is 20.2. The van der Waals surface area contributed by atoms with E-state index in [-0.39, 0.29) is 5.41 Å². The molecule has 164 valence electrons. The van der Waals surface area contributed by atoms with Crippen molar-refractivity contribution >= 4 is 11.0 Å². The number of imidazole rings is 1. The van der Waals surface area contributed by atoms with E-state index in [2.05, 4.69) is 111 Å². The van der Waals surface area contributed by atoms with Crippen LogP contribution in [-0.4, -0.2) is 4.57 Å². The smallest absolute Gasteiger partial charge is 0.226 e. The third-order valence-corrected chi connectivity index (χ3v) is 7.28. The summed E-state index contributed by atoms with van der Waals surface area (Å²) in [6.45, 7) is 9.17. The molecule has 0 saturated heterocycles. The van der Waals surface area contributed by atoms with Gasteiger partial charge in [0.1, 0.15) is 6.04 Å². The first-order valence-corrected chi connectivity index (χ1v) is 12.1. The molecule has 0 spiro atoms. The van der Waals surface area contributed by atoms with Crippen LogP contribution >= 0.6 is 0 Å². The summed E-state index contributed by atoms with van der Waals surface area (Å²) in [6, 6.07) is 25.4. The van der Waals surface area contributed by atoms with Crippen molar-refractivity contribution < 1.29 is 4.57 Å². The van der Waals surface area contributed by atoms with Crippen LogP contribution in [0.4, 0.5) is 0 Å². The third kappa shape index (κ3) is 3.56. The lowest BCUT2D eigenvalue weighted by molar-refractivity contribution is -0.634. The largest absolute Gasteiger partial charge is 0.290 e. The van der Waals surface area contributed by atoms with Gasteiger partial charge in [-0.1, -0.05) is 63.2 Å². The normalized spacial score (nSPS) is 15.0. The van der Waals surface area contributed by atoms with E-state index < -0.39 is 0 Å². The maximum Gasteiger partial charge on any atom is 0.290 e. The predicted octanol–water partition coefficient (Wildman–Crippen LogP) is 7.52. The summed E-state index contributed by atoms with van der Waals surface area (Å²) < 4.78 is 5.10. The number of rotatable bonds is 3. The molecular formula is C30H35N2+. The van der Waals surface area contributed by atoms with Gasteiger partial charge < -0.3 is 0 Å². The first-order chi connectivity index (χ1) is 15.3. The van der Waals surface area contributed by atoms with Crippen LogP contribution in [-0.2, 0) is 12.5 Å². The van der Waals surface area contributed by atoms with Gasteiger partial charge in [0.2, 0.25) is 0 Å². The Hall–Kier alpha value is -2.87. The second kappa shape index (κ2) is 7.92. The van der Waals surface area contributed by atoms with Gasteiger partial charge in [0.25, 0.3) is 5.82 Å². The van der Waals surface area contributed by atoms with Crippen molar-refractivity contribution in [3.8, 4) is 22.5 Å². The van der Waals surface area contributed by atoms with Gasteiger partial charge in [0.05, 0.1) is 12.6 Å². The van der Waals surface area contributed by atoms with Crippen LogP contribution in [0.3, 0.4) is 0 Å². The maximum absolute atomic E-state index is 2.66. The monoisotopic (exact) mass is 423 g/mol. The Morgan fingerprint density at radius 2 is 1.56 bits per heavy atom. The van der Waals surface area contributed by atoms with Crippen LogP contribution in [0, 0.1) is 6.92 Å². The van der Waals surface area contributed by atoms with Gasteiger partial charge in [0.15, 0.2) is 11.0 Å². The van der Waals surface area contributed by atoms with E-state index in [0.29, 0.717) is 6.04 Å². The zero-order valence-electron chi connectivity index (χ0n) is 20.2. The predicted molar refractivity (Wildman–Crippen MR) is 135 cm³/mol. The van der Waals surface area contributed by atoms with Gasteiger partial charge in [-0.2, -0.15) is 0 Å². The van der Waals surface area contributed by atoms with Gasteiger partial charge >= 0.3 is 0 Å². The summed E-state index contributed by atoms with van der Waals surface area (Å²) in [5, 5.41) is 0. The number of aryl methyl sites for hydroxylation is 2. The molecular weight excluding hydrogens is 388 g/mol. The van der Waals surface area contributed by atoms with Gasteiger partial charge in [-0.25, -0.2) is 9.13 Å². The zero-order chi connectivity index (χ0) is 22.5. The molecule has 5 rings (SSSR count). The Labute approximate surface area is 192 Å². The molecule has 1 saturated carbocycles. The van der Waals surface area contributed by atoms with Crippen molar-refractivity contribution in [2.24, 2.45) is 7.05 Å². The molecule has 0 unspecified atom stereocenters. The van der Waals surface area contributed by atoms with Gasteiger partial charge in [-0.3, -0.25) is 0 Å². The SMILES string of the molecule is Cc1ccc(C(C)(C)C)cc1-c1n(C2CCCC2)c2ccc(-c3ccccc3)cc2[n+]1C. The summed E-state index contributed by atoms with van der Waals surface area (Å²) in [6.07, 6.45) is 5.21. The highest BCUT2D eigenvalue weighted by Crippen LogP contribution is 2.38. The van der Waals surface area contributed by atoms with E-state index in [1.54, 1.807) is 0 Å². The summed E-state index contributed by atoms with van der Waals surface area (Å²) in [5.74, 6) is 1.35. The van der Waals surface area contributed by atoms with Crippen LogP contribution < -0.4 is 4.57 Å². The fourth-order valence-corrected chi connectivity index (χ4v) is 5.37. The van der Waals surface area contributed by atoms with Crippen LogP contribution in [0.15, 0.2) is 66.7 Å². The van der Waals surface area contributed by atoms with Crippen molar-refractivity contribution in [3.63, 3.8) is 0 Å². The average Bonchev–Trinajstić information content (AvgIpc) is 3.40. The molecule has 0 aliphatic heterocycles. The lowest BCUT2D eigenvalue weighted by atomic mass is 9.85. The molecule has 0 radical (unpaired) electrons. The molecule has 4 aromatic rings. The highest BCUT2D eigenvalue weighted by Gasteiger charge is 2.33. The Balaban J connectivity index is 1.78. The van der Waals surface area contributed by atoms with E-state index in [1.807, 2.05) is 0 Å². The summed E-state index contributed by atoms with van der Waals surface area (Å²) in [7, 11) is 2.25. The molecule has 2 nitrogen and oxygen atoms in total. The van der Waals surface area contributed by atoms with Gasteiger partial charge in [-0.15, -0.1) is 0 Å². The molecule has 0 atom stereocenters. The summed E-state index contributed by atoms with van der Waals surface area (Å²) in [4.78, 5) is 0. The quantitative estimate of drug-likeness (QED) is 0.301. The fourth-order valence-electron chi connectivity index (χ4n) is 5.37. The Morgan fingerprint density at radius 3 is 2.25 bits per heavy atom. The molecule has 1 aliphatic rings. The van der Waals surface area contributed by atoms with Crippen molar-refractivity contribution in [1.82, 2.24) is 4.57 Å². The number of fused-ring (bicyclic) bond motifs is 1. The molecule has 0 bridgehead atoms. The minimum Gasteiger partial charge on any atom is -0.226 e.